The summed E-state index contributed by atoms with van der Waals surface area (Å²) >= 11 is 1.51. The molecule has 0 unspecified atom stereocenters. The molecule has 1 aromatic heterocycles. The average molecular weight is 302 g/mol. The molecule has 0 atom stereocenters. The molecule has 1 fully saturated rings. The van der Waals surface area contributed by atoms with Crippen LogP contribution in [0, 0.1) is 0 Å². The summed E-state index contributed by atoms with van der Waals surface area (Å²) < 4.78 is 0. The Morgan fingerprint density at radius 3 is 2.71 bits per heavy atom. The number of para-hydroxylation sites is 2. The maximum atomic E-state index is 12.2. The van der Waals surface area contributed by atoms with E-state index in [4.69, 9.17) is 0 Å². The summed E-state index contributed by atoms with van der Waals surface area (Å²) in [6, 6.07) is 9.65. The number of piperidine rings is 1. The molecule has 0 saturated carbocycles. The largest absolute Gasteiger partial charge is 0.393 e. The van der Waals surface area contributed by atoms with Crippen molar-refractivity contribution in [3.05, 3.63) is 46.7 Å². The first-order valence-corrected chi connectivity index (χ1v) is 8.04. The molecule has 1 aliphatic rings. The molecule has 1 aromatic carbocycles. The molecule has 2 heterocycles. The summed E-state index contributed by atoms with van der Waals surface area (Å²) in [7, 11) is 0. The van der Waals surface area contributed by atoms with Crippen molar-refractivity contribution in [1.82, 2.24) is 0 Å². The molecule has 2 aromatic rings. The second-order valence-corrected chi connectivity index (χ2v) is 5.98. The van der Waals surface area contributed by atoms with E-state index in [1.54, 1.807) is 0 Å². The summed E-state index contributed by atoms with van der Waals surface area (Å²) in [4.78, 5) is 14.4. The molecule has 1 amide bonds. The summed E-state index contributed by atoms with van der Waals surface area (Å²) in [5.74, 6) is -0.0826. The van der Waals surface area contributed by atoms with Crippen LogP contribution >= 0.6 is 11.3 Å². The van der Waals surface area contributed by atoms with Gasteiger partial charge in [-0.3, -0.25) is 4.79 Å². The second-order valence-electron chi connectivity index (χ2n) is 5.20. The van der Waals surface area contributed by atoms with Gasteiger partial charge in [0.1, 0.15) is 0 Å². The summed E-state index contributed by atoms with van der Waals surface area (Å²) in [5.41, 5.74) is 2.53. The molecule has 2 N–H and O–H groups in total. The zero-order chi connectivity index (χ0) is 14.7. The Morgan fingerprint density at radius 1 is 1.24 bits per heavy atom. The lowest BCUT2D eigenvalue weighted by atomic mass is 10.1. The number of anilines is 2. The zero-order valence-corrected chi connectivity index (χ0v) is 12.5. The highest BCUT2D eigenvalue weighted by Crippen LogP contribution is 2.28. The summed E-state index contributed by atoms with van der Waals surface area (Å²) in [5, 5.41) is 16.3. The Morgan fingerprint density at radius 2 is 2.00 bits per heavy atom. The monoisotopic (exact) mass is 302 g/mol. The quantitative estimate of drug-likeness (QED) is 0.916. The number of thiophene rings is 1. The molecule has 21 heavy (non-hydrogen) atoms. The topological polar surface area (TPSA) is 52.6 Å². The number of nitrogens with one attached hydrogen (secondary N) is 1. The first-order valence-electron chi connectivity index (χ1n) is 7.09. The number of amides is 1. The Hall–Kier alpha value is -1.85. The number of hydrogen-bond acceptors (Lipinski definition) is 4. The minimum Gasteiger partial charge on any atom is -0.393 e. The summed E-state index contributed by atoms with van der Waals surface area (Å²) in [6.07, 6.45) is 1.34. The lowest BCUT2D eigenvalue weighted by Gasteiger charge is -2.32. The van der Waals surface area contributed by atoms with Crippen molar-refractivity contribution in [2.45, 2.75) is 18.9 Å². The maximum Gasteiger partial charge on any atom is 0.256 e. The number of hydrogen-bond donors (Lipinski definition) is 2. The molecule has 0 radical (unpaired) electrons. The number of carbonyl (C=O) groups excluding carboxylic acids is 1. The minimum atomic E-state index is -0.200. The van der Waals surface area contributed by atoms with Gasteiger partial charge in [-0.15, -0.1) is 0 Å². The Labute approximate surface area is 128 Å². The van der Waals surface area contributed by atoms with E-state index in [1.165, 1.54) is 11.3 Å². The van der Waals surface area contributed by atoms with Gasteiger partial charge in [0.2, 0.25) is 0 Å². The number of carbonyl (C=O) groups is 1. The first kappa shape index (κ1) is 14.1. The third-order valence-electron chi connectivity index (χ3n) is 3.74. The lowest BCUT2D eigenvalue weighted by molar-refractivity contribution is 0.102. The molecule has 3 rings (SSSR count). The van der Waals surface area contributed by atoms with E-state index in [0.717, 1.165) is 37.3 Å². The fraction of sp³-hybridized carbons (Fsp3) is 0.312. The van der Waals surface area contributed by atoms with Crippen LogP contribution in [-0.2, 0) is 0 Å². The number of nitrogens with zero attached hydrogens (tertiary/aromatic N) is 1. The van der Waals surface area contributed by atoms with Crippen LogP contribution in [0.15, 0.2) is 41.1 Å². The van der Waals surface area contributed by atoms with E-state index >= 15 is 0 Å². The van der Waals surface area contributed by atoms with Crippen LogP contribution in [0.3, 0.4) is 0 Å². The van der Waals surface area contributed by atoms with E-state index < -0.39 is 0 Å². The van der Waals surface area contributed by atoms with Crippen LogP contribution in [0.25, 0.3) is 0 Å². The van der Waals surface area contributed by atoms with Crippen molar-refractivity contribution in [2.24, 2.45) is 0 Å². The molecule has 110 valence electrons. The predicted octanol–water partition coefficient (Wildman–Crippen LogP) is 2.96. The first-order chi connectivity index (χ1) is 10.2. The van der Waals surface area contributed by atoms with E-state index in [1.807, 2.05) is 41.1 Å². The Kier molecular flexibility index (Phi) is 4.22. The standard InChI is InChI=1S/C16H18N2O2S/c19-13-5-8-18(9-6-13)15-4-2-1-3-14(15)17-16(20)12-7-10-21-11-12/h1-4,7,10-11,13,19H,5-6,8-9H2,(H,17,20). The van der Waals surface area contributed by atoms with E-state index in [2.05, 4.69) is 10.2 Å². The third-order valence-corrected chi connectivity index (χ3v) is 4.42. The van der Waals surface area contributed by atoms with Crippen molar-refractivity contribution in [2.75, 3.05) is 23.3 Å². The Bertz CT molecular complexity index is 604. The van der Waals surface area contributed by atoms with Gasteiger partial charge >= 0.3 is 0 Å². The van der Waals surface area contributed by atoms with Crippen LogP contribution in [0.4, 0.5) is 11.4 Å². The van der Waals surface area contributed by atoms with Crippen LogP contribution in [-0.4, -0.2) is 30.2 Å². The fourth-order valence-electron chi connectivity index (χ4n) is 2.55. The molecular weight excluding hydrogens is 284 g/mol. The molecular formula is C16H18N2O2S. The summed E-state index contributed by atoms with van der Waals surface area (Å²) in [6.45, 7) is 1.62. The van der Waals surface area contributed by atoms with Gasteiger partial charge in [0, 0.05) is 18.5 Å². The van der Waals surface area contributed by atoms with Crippen LogP contribution in [0.5, 0.6) is 0 Å². The van der Waals surface area contributed by atoms with Crippen LogP contribution < -0.4 is 10.2 Å². The number of aliphatic hydroxyl groups is 1. The van der Waals surface area contributed by atoms with Gasteiger partial charge < -0.3 is 15.3 Å². The maximum absolute atomic E-state index is 12.2. The number of aliphatic hydroxyl groups excluding tert-OH is 1. The van der Waals surface area contributed by atoms with Gasteiger partial charge in [-0.25, -0.2) is 0 Å². The van der Waals surface area contributed by atoms with Crippen molar-refractivity contribution in [1.29, 1.82) is 0 Å². The second kappa shape index (κ2) is 6.28. The van der Waals surface area contributed by atoms with Crippen molar-refractivity contribution < 1.29 is 9.90 Å². The smallest absolute Gasteiger partial charge is 0.256 e. The van der Waals surface area contributed by atoms with E-state index in [-0.39, 0.29) is 12.0 Å². The van der Waals surface area contributed by atoms with Crippen molar-refractivity contribution in [3.8, 4) is 0 Å². The highest BCUT2D eigenvalue weighted by Gasteiger charge is 2.20. The minimum absolute atomic E-state index is 0.0826. The van der Waals surface area contributed by atoms with Gasteiger partial charge in [-0.2, -0.15) is 11.3 Å². The molecule has 0 spiro atoms. The van der Waals surface area contributed by atoms with Crippen molar-refractivity contribution in [3.63, 3.8) is 0 Å². The van der Waals surface area contributed by atoms with E-state index in [0.29, 0.717) is 5.56 Å². The molecule has 0 bridgehead atoms. The van der Waals surface area contributed by atoms with Gasteiger partial charge in [0.05, 0.1) is 23.0 Å². The highest BCUT2D eigenvalue weighted by molar-refractivity contribution is 7.08. The molecule has 5 heteroatoms. The molecule has 1 saturated heterocycles. The van der Waals surface area contributed by atoms with Gasteiger partial charge in [0.15, 0.2) is 0 Å². The van der Waals surface area contributed by atoms with Crippen molar-refractivity contribution >= 4 is 28.6 Å². The van der Waals surface area contributed by atoms with E-state index in [9.17, 15) is 9.90 Å². The molecule has 0 aliphatic carbocycles. The third kappa shape index (κ3) is 3.25. The number of benzene rings is 1. The van der Waals surface area contributed by atoms with Gasteiger partial charge in [-0.05, 0) is 36.4 Å². The average Bonchev–Trinajstić information content (AvgIpc) is 3.03. The zero-order valence-electron chi connectivity index (χ0n) is 11.7. The SMILES string of the molecule is O=C(Nc1ccccc1N1CCC(O)CC1)c1ccsc1. The van der Waals surface area contributed by atoms with Gasteiger partial charge in [-0.1, -0.05) is 12.1 Å². The number of rotatable bonds is 3. The molecule has 4 nitrogen and oxygen atoms in total. The molecule has 1 aliphatic heterocycles. The normalized spacial score (nSPS) is 16.0. The van der Waals surface area contributed by atoms with Gasteiger partial charge in [0.25, 0.3) is 5.91 Å². The predicted molar refractivity (Wildman–Crippen MR) is 86.2 cm³/mol. The van der Waals surface area contributed by atoms with Crippen LogP contribution in [0.1, 0.15) is 23.2 Å². The van der Waals surface area contributed by atoms with Crippen LogP contribution in [0.2, 0.25) is 0 Å². The Balaban J connectivity index is 1.78. The lowest BCUT2D eigenvalue weighted by Crippen LogP contribution is -2.36. The fourth-order valence-corrected chi connectivity index (χ4v) is 3.19. The highest BCUT2D eigenvalue weighted by atomic mass is 32.1.